The Labute approximate surface area is 87.5 Å². The van der Waals surface area contributed by atoms with E-state index in [1.807, 2.05) is 30.7 Å². The second kappa shape index (κ2) is 5.06. The summed E-state index contributed by atoms with van der Waals surface area (Å²) >= 11 is 7.48. The van der Waals surface area contributed by atoms with Crippen LogP contribution in [0.2, 0.25) is 5.02 Å². The van der Waals surface area contributed by atoms with E-state index in [-0.39, 0.29) is 0 Å². The molecular weight excluding hydrogens is 202 g/mol. The zero-order valence-corrected chi connectivity index (χ0v) is 9.09. The fourth-order valence-corrected chi connectivity index (χ4v) is 1.07. The molecule has 0 atom stereocenters. The summed E-state index contributed by atoms with van der Waals surface area (Å²) in [5.74, 6) is 0. The maximum Gasteiger partial charge on any atom is 0.0631 e. The van der Waals surface area contributed by atoms with E-state index in [9.17, 15) is 0 Å². The predicted octanol–water partition coefficient (Wildman–Crippen LogP) is 3.40. The first-order valence-electron chi connectivity index (χ1n) is 3.74. The smallest absolute Gasteiger partial charge is 0.0631 e. The van der Waals surface area contributed by atoms with Gasteiger partial charge in [0.1, 0.15) is 0 Å². The number of nitrogens with one attached hydrogen (secondary N) is 1. The molecule has 0 aliphatic heterocycles. The van der Waals surface area contributed by atoms with Gasteiger partial charge in [-0.2, -0.15) is 11.8 Å². The summed E-state index contributed by atoms with van der Waals surface area (Å²) in [6.45, 7) is 0. The van der Waals surface area contributed by atoms with Gasteiger partial charge in [-0.3, -0.25) is 0 Å². The SMILES string of the molecule is CSC.Clc1ccc2c#c[nH]c2c1. The molecule has 0 fully saturated rings. The third kappa shape index (κ3) is 2.87. The van der Waals surface area contributed by atoms with Crippen molar-refractivity contribution in [1.82, 2.24) is 4.98 Å². The summed E-state index contributed by atoms with van der Waals surface area (Å²) in [7, 11) is 0. The number of thioether (sulfide) groups is 1. The molecule has 1 heterocycles. The molecule has 0 unspecified atom stereocenters. The highest BCUT2D eigenvalue weighted by Crippen LogP contribution is 2.14. The number of aromatic nitrogens is 1. The van der Waals surface area contributed by atoms with Crippen LogP contribution in [0.25, 0.3) is 10.9 Å². The van der Waals surface area contributed by atoms with E-state index in [1.165, 1.54) is 0 Å². The minimum Gasteiger partial charge on any atom is -0.313 e. The van der Waals surface area contributed by atoms with Gasteiger partial charge in [-0.05, 0) is 36.8 Å². The topological polar surface area (TPSA) is 15.8 Å². The van der Waals surface area contributed by atoms with Crippen molar-refractivity contribution in [3.63, 3.8) is 0 Å². The third-order valence-corrected chi connectivity index (χ3v) is 1.61. The van der Waals surface area contributed by atoms with Gasteiger partial charge in [0, 0.05) is 11.2 Å². The molecule has 1 aromatic carbocycles. The summed E-state index contributed by atoms with van der Waals surface area (Å²) in [5.41, 5.74) is 0.979. The molecule has 2 aromatic rings. The highest BCUT2D eigenvalue weighted by atomic mass is 35.5. The van der Waals surface area contributed by atoms with Crippen LogP contribution >= 0.6 is 23.4 Å². The second-order valence-corrected chi connectivity index (χ2v) is 3.73. The van der Waals surface area contributed by atoms with Crippen molar-refractivity contribution in [3.8, 4) is 0 Å². The van der Waals surface area contributed by atoms with Crippen LogP contribution in [0.1, 0.15) is 0 Å². The molecule has 1 aromatic heterocycles. The van der Waals surface area contributed by atoms with Crippen LogP contribution in [0.15, 0.2) is 18.2 Å². The number of hydrogen-bond donors (Lipinski definition) is 1. The van der Waals surface area contributed by atoms with E-state index >= 15 is 0 Å². The molecule has 0 spiro atoms. The molecule has 1 N–H and O–H groups in total. The Kier molecular flexibility index (Phi) is 4.01. The third-order valence-electron chi connectivity index (χ3n) is 1.38. The van der Waals surface area contributed by atoms with Crippen LogP contribution in [-0.2, 0) is 0 Å². The zero-order valence-electron chi connectivity index (χ0n) is 7.52. The number of H-pyrrole nitrogens is 1. The van der Waals surface area contributed by atoms with Crippen molar-refractivity contribution < 1.29 is 0 Å². The maximum atomic E-state index is 5.73. The number of fused-ring (bicyclic) bond motifs is 1. The standard InChI is InChI=1S/C8H4ClN.C2H6S/c9-7-2-1-6-3-4-10-8(6)5-7;1-3-2/h1-2,5,10H;1-2H3. The lowest BCUT2D eigenvalue weighted by Crippen LogP contribution is -1.66. The lowest BCUT2D eigenvalue weighted by molar-refractivity contribution is 1.48. The van der Waals surface area contributed by atoms with Gasteiger partial charge < -0.3 is 4.98 Å². The van der Waals surface area contributed by atoms with Gasteiger partial charge in [0.2, 0.25) is 0 Å². The average Bonchev–Trinajstić information content (AvgIpc) is 2.52. The first kappa shape index (κ1) is 10.3. The molecule has 0 aliphatic carbocycles. The summed E-state index contributed by atoms with van der Waals surface area (Å²) in [6, 6.07) is 8.50. The fourth-order valence-electron chi connectivity index (χ4n) is 0.895. The molecule has 68 valence electrons. The van der Waals surface area contributed by atoms with Crippen LogP contribution < -0.4 is 0 Å². The van der Waals surface area contributed by atoms with E-state index < -0.39 is 0 Å². The molecule has 0 bridgehead atoms. The molecule has 0 amide bonds. The Morgan fingerprint density at radius 2 is 2.08 bits per heavy atom. The lowest BCUT2D eigenvalue weighted by atomic mass is 10.3. The van der Waals surface area contributed by atoms with Gasteiger partial charge in [-0.1, -0.05) is 11.6 Å². The Balaban J connectivity index is 0.000000251. The fraction of sp³-hybridized carbons (Fsp3) is 0.200. The number of aromatic amines is 1. The van der Waals surface area contributed by atoms with Crippen molar-refractivity contribution in [2.45, 2.75) is 0 Å². The largest absolute Gasteiger partial charge is 0.313 e. The molecule has 1 nitrogen and oxygen atoms in total. The summed E-state index contributed by atoms with van der Waals surface area (Å²) in [6.07, 6.45) is 6.84. The van der Waals surface area contributed by atoms with Crippen molar-refractivity contribution in [2.24, 2.45) is 0 Å². The summed E-state index contributed by atoms with van der Waals surface area (Å²) < 4.78 is 0. The first-order valence-corrected chi connectivity index (χ1v) is 5.75. The number of hydrogen-bond acceptors (Lipinski definition) is 1. The maximum absolute atomic E-state index is 5.73. The van der Waals surface area contributed by atoms with E-state index in [2.05, 4.69) is 17.2 Å². The van der Waals surface area contributed by atoms with Gasteiger partial charge in [-0.15, -0.1) is 0 Å². The molecule has 3 heteroatoms. The number of rotatable bonds is 0. The first-order chi connectivity index (χ1) is 6.27. The van der Waals surface area contributed by atoms with E-state index in [1.54, 1.807) is 11.8 Å². The Morgan fingerprint density at radius 1 is 1.38 bits per heavy atom. The van der Waals surface area contributed by atoms with Gasteiger partial charge in [-0.25, -0.2) is 0 Å². The van der Waals surface area contributed by atoms with Crippen LogP contribution in [0, 0.1) is 12.3 Å². The van der Waals surface area contributed by atoms with Crippen LogP contribution in [0.3, 0.4) is 0 Å². The molecule has 0 saturated carbocycles. The van der Waals surface area contributed by atoms with Gasteiger partial charge >= 0.3 is 0 Å². The highest BCUT2D eigenvalue weighted by molar-refractivity contribution is 7.97. The van der Waals surface area contributed by atoms with Crippen LogP contribution in [0.4, 0.5) is 0 Å². The lowest BCUT2D eigenvalue weighted by Gasteiger charge is -1.87. The van der Waals surface area contributed by atoms with Gasteiger partial charge in [0.15, 0.2) is 0 Å². The average molecular weight is 212 g/mol. The Bertz CT molecular complexity index is 370. The van der Waals surface area contributed by atoms with Gasteiger partial charge in [0.25, 0.3) is 0 Å². The van der Waals surface area contributed by atoms with Crippen LogP contribution in [-0.4, -0.2) is 17.5 Å². The summed E-state index contributed by atoms with van der Waals surface area (Å²) in [4.78, 5) is 2.90. The molecular formula is C10H10ClNS. The zero-order chi connectivity index (χ0) is 9.68. The highest BCUT2D eigenvalue weighted by Gasteiger charge is 1.91. The van der Waals surface area contributed by atoms with Crippen molar-refractivity contribution >= 4 is 34.3 Å². The number of benzene rings is 1. The number of halogens is 1. The Hall–Kier alpha value is -0.780. The van der Waals surface area contributed by atoms with Crippen molar-refractivity contribution in [1.29, 1.82) is 0 Å². The quantitative estimate of drug-likeness (QED) is 0.706. The molecule has 0 aliphatic rings. The predicted molar refractivity (Wildman–Crippen MR) is 60.4 cm³/mol. The van der Waals surface area contributed by atoms with Crippen molar-refractivity contribution in [2.75, 3.05) is 12.5 Å². The molecule has 0 saturated heterocycles. The monoisotopic (exact) mass is 211 g/mol. The second-order valence-electron chi connectivity index (χ2n) is 2.47. The molecule has 13 heavy (non-hydrogen) atoms. The van der Waals surface area contributed by atoms with Gasteiger partial charge in [0.05, 0.1) is 10.9 Å². The van der Waals surface area contributed by atoms with Crippen LogP contribution in [0.5, 0.6) is 0 Å². The minimum absolute atomic E-state index is 0.733. The van der Waals surface area contributed by atoms with E-state index in [4.69, 9.17) is 11.6 Å². The molecule has 2 rings (SSSR count). The minimum atomic E-state index is 0.733. The van der Waals surface area contributed by atoms with E-state index in [0.29, 0.717) is 0 Å². The van der Waals surface area contributed by atoms with Crippen molar-refractivity contribution in [3.05, 3.63) is 35.5 Å². The van der Waals surface area contributed by atoms with E-state index in [0.717, 1.165) is 15.9 Å². The Morgan fingerprint density at radius 3 is 2.77 bits per heavy atom. The normalized spacial score (nSPS) is 8.85. The molecule has 0 radical (unpaired) electrons. The summed E-state index contributed by atoms with van der Waals surface area (Å²) in [5, 5.41) is 1.75.